The fourth-order valence-corrected chi connectivity index (χ4v) is 3.71. The third-order valence-corrected chi connectivity index (χ3v) is 6.10. The lowest BCUT2D eigenvalue weighted by molar-refractivity contribution is 0.0641. The van der Waals surface area contributed by atoms with Gasteiger partial charge in [0.25, 0.3) is 5.91 Å². The van der Waals surface area contributed by atoms with Gasteiger partial charge in [0.15, 0.2) is 5.82 Å². The van der Waals surface area contributed by atoms with E-state index in [0.29, 0.717) is 25.3 Å². The molecule has 2 amide bonds. The van der Waals surface area contributed by atoms with E-state index in [2.05, 4.69) is 23.4 Å². The Bertz CT molecular complexity index is 1060. The van der Waals surface area contributed by atoms with E-state index in [9.17, 15) is 19.2 Å². The Labute approximate surface area is 184 Å². The molecular weight excluding hydrogens is 415 g/mol. The first-order valence-corrected chi connectivity index (χ1v) is 10.5. The number of hydrogen-bond donors (Lipinski definition) is 2. The molecule has 1 saturated heterocycles. The van der Waals surface area contributed by atoms with Crippen molar-refractivity contribution in [2.75, 3.05) is 25.0 Å². The van der Waals surface area contributed by atoms with E-state index in [4.69, 9.17) is 10.5 Å². The van der Waals surface area contributed by atoms with Crippen molar-refractivity contribution in [3.63, 3.8) is 0 Å². The Hall–Kier alpha value is -3.61. The second kappa shape index (κ2) is 8.49. The summed E-state index contributed by atoms with van der Waals surface area (Å²) in [7, 11) is 0. The van der Waals surface area contributed by atoms with Crippen LogP contribution in [0.2, 0.25) is 0 Å². The van der Waals surface area contributed by atoms with Crippen molar-refractivity contribution in [3.05, 3.63) is 41.8 Å². The lowest BCUT2D eigenvalue weighted by atomic mass is 9.93. The van der Waals surface area contributed by atoms with E-state index in [1.54, 1.807) is 4.90 Å². The largest absolute Gasteiger partial charge is 0.449 e. The van der Waals surface area contributed by atoms with Crippen molar-refractivity contribution in [3.8, 4) is 6.07 Å². The lowest BCUT2D eigenvalue weighted by Gasteiger charge is -2.35. The molecule has 2 atom stereocenters. The van der Waals surface area contributed by atoms with Gasteiger partial charge < -0.3 is 20.7 Å². The van der Waals surface area contributed by atoms with Crippen LogP contribution in [0.5, 0.6) is 0 Å². The summed E-state index contributed by atoms with van der Waals surface area (Å²) in [5.41, 5.74) is 6.26. The number of carbonyl (C=O) groups is 2. The van der Waals surface area contributed by atoms with Crippen molar-refractivity contribution in [2.45, 2.75) is 32.2 Å². The Balaban J connectivity index is 1.54. The van der Waals surface area contributed by atoms with Gasteiger partial charge in [0.05, 0.1) is 24.6 Å². The number of halogens is 1. The van der Waals surface area contributed by atoms with Gasteiger partial charge in [-0.1, -0.05) is 6.92 Å². The van der Waals surface area contributed by atoms with Crippen LogP contribution in [-0.2, 0) is 4.74 Å². The SMILES string of the molecule is CC1(COC(=O)N2CCC(C#N)[C@H](n3cc(C(N)=O)c(Nc4ccc(F)cc4)n3)C2)CC1. The van der Waals surface area contributed by atoms with Crippen LogP contribution in [0.25, 0.3) is 0 Å². The van der Waals surface area contributed by atoms with Crippen LogP contribution in [0.1, 0.15) is 42.6 Å². The summed E-state index contributed by atoms with van der Waals surface area (Å²) in [5.74, 6) is -1.29. The van der Waals surface area contributed by atoms with Crippen molar-refractivity contribution in [1.29, 1.82) is 5.26 Å². The van der Waals surface area contributed by atoms with E-state index in [1.165, 1.54) is 35.1 Å². The zero-order chi connectivity index (χ0) is 22.9. The molecule has 2 heterocycles. The Kier molecular flexibility index (Phi) is 5.74. The number of hydrogen-bond acceptors (Lipinski definition) is 6. The van der Waals surface area contributed by atoms with Crippen LogP contribution in [0.3, 0.4) is 0 Å². The predicted molar refractivity (Wildman–Crippen MR) is 113 cm³/mol. The number of nitrogens with two attached hydrogens (primary N) is 1. The topological polar surface area (TPSA) is 126 Å². The number of likely N-dealkylation sites (tertiary alicyclic amines) is 1. The third-order valence-electron chi connectivity index (χ3n) is 6.10. The fourth-order valence-electron chi connectivity index (χ4n) is 3.71. The molecule has 10 heteroatoms. The maximum atomic E-state index is 13.2. The number of benzene rings is 1. The lowest BCUT2D eigenvalue weighted by Crippen LogP contribution is -2.45. The van der Waals surface area contributed by atoms with Gasteiger partial charge in [-0.25, -0.2) is 9.18 Å². The summed E-state index contributed by atoms with van der Waals surface area (Å²) < 4.78 is 20.2. The molecule has 168 valence electrons. The fraction of sp³-hybridized carbons (Fsp3) is 0.455. The molecule has 1 aliphatic carbocycles. The molecule has 2 aromatic rings. The summed E-state index contributed by atoms with van der Waals surface area (Å²) in [6.07, 6.45) is 3.62. The second-order valence-electron chi connectivity index (χ2n) is 8.77. The normalized spacial score (nSPS) is 21.5. The minimum Gasteiger partial charge on any atom is -0.449 e. The average molecular weight is 440 g/mol. The van der Waals surface area contributed by atoms with Crippen molar-refractivity contribution < 1.29 is 18.7 Å². The number of anilines is 2. The Morgan fingerprint density at radius 2 is 2.09 bits per heavy atom. The van der Waals surface area contributed by atoms with Crippen LogP contribution < -0.4 is 11.1 Å². The number of carbonyl (C=O) groups excluding carboxylic acids is 2. The maximum Gasteiger partial charge on any atom is 0.409 e. The molecule has 1 saturated carbocycles. The van der Waals surface area contributed by atoms with Gasteiger partial charge in [0.2, 0.25) is 0 Å². The van der Waals surface area contributed by atoms with Gasteiger partial charge in [-0.2, -0.15) is 10.4 Å². The molecule has 3 N–H and O–H groups in total. The van der Waals surface area contributed by atoms with Gasteiger partial charge in [0, 0.05) is 30.4 Å². The van der Waals surface area contributed by atoms with E-state index in [-0.39, 0.29) is 23.3 Å². The minimum atomic E-state index is -0.695. The molecule has 4 rings (SSSR count). The number of aromatic nitrogens is 2. The van der Waals surface area contributed by atoms with Gasteiger partial charge in [-0.05, 0) is 43.5 Å². The molecule has 32 heavy (non-hydrogen) atoms. The summed E-state index contributed by atoms with van der Waals surface area (Å²) in [4.78, 5) is 26.1. The van der Waals surface area contributed by atoms with Gasteiger partial charge in [0.1, 0.15) is 11.4 Å². The molecule has 1 aromatic heterocycles. The Morgan fingerprint density at radius 3 is 2.72 bits per heavy atom. The van der Waals surface area contributed by atoms with Crippen LogP contribution in [0, 0.1) is 28.5 Å². The third kappa shape index (κ3) is 4.66. The smallest absolute Gasteiger partial charge is 0.409 e. The zero-order valence-electron chi connectivity index (χ0n) is 17.8. The molecule has 1 aromatic carbocycles. The summed E-state index contributed by atoms with van der Waals surface area (Å²) in [5, 5.41) is 17.0. The highest BCUT2D eigenvalue weighted by Gasteiger charge is 2.40. The molecule has 1 aliphatic heterocycles. The summed E-state index contributed by atoms with van der Waals surface area (Å²) in [6.45, 7) is 3.10. The molecule has 9 nitrogen and oxygen atoms in total. The van der Waals surface area contributed by atoms with E-state index >= 15 is 0 Å². The summed E-state index contributed by atoms with van der Waals surface area (Å²) in [6, 6.07) is 7.38. The highest BCUT2D eigenvalue weighted by atomic mass is 19.1. The number of primary amides is 1. The van der Waals surface area contributed by atoms with Gasteiger partial charge in [-0.3, -0.25) is 9.48 Å². The first-order chi connectivity index (χ1) is 15.3. The number of nitriles is 1. The molecule has 2 fully saturated rings. The van der Waals surface area contributed by atoms with Crippen molar-refractivity contribution in [1.82, 2.24) is 14.7 Å². The zero-order valence-corrected chi connectivity index (χ0v) is 17.8. The molecule has 0 spiro atoms. The number of nitrogens with zero attached hydrogens (tertiary/aromatic N) is 4. The highest BCUT2D eigenvalue weighted by molar-refractivity contribution is 5.98. The maximum absolute atomic E-state index is 13.2. The van der Waals surface area contributed by atoms with Crippen LogP contribution in [0.4, 0.5) is 20.7 Å². The second-order valence-corrected chi connectivity index (χ2v) is 8.77. The van der Waals surface area contributed by atoms with Crippen LogP contribution in [-0.4, -0.2) is 46.4 Å². The number of piperidine rings is 1. The standard InChI is InChI=1S/C22H25FN6O3/c1-22(7-8-22)13-32-21(31)28-9-6-14(10-24)18(12-28)29-11-17(19(25)30)20(27-29)26-16-4-2-15(23)3-5-16/h2-5,11,14,18H,6-9,12-13H2,1H3,(H2,25,30)(H,26,27)/t14?,18-/m1/s1. The van der Waals surface area contributed by atoms with Crippen LogP contribution in [0.15, 0.2) is 30.5 Å². The van der Waals surface area contributed by atoms with Gasteiger partial charge in [-0.15, -0.1) is 0 Å². The van der Waals surface area contributed by atoms with E-state index < -0.39 is 29.8 Å². The van der Waals surface area contributed by atoms with E-state index in [1.807, 2.05) is 0 Å². The molecule has 1 unspecified atom stereocenters. The molecular formula is C22H25FN6O3. The first kappa shape index (κ1) is 21.6. The average Bonchev–Trinajstić information content (AvgIpc) is 3.37. The molecule has 2 aliphatic rings. The van der Waals surface area contributed by atoms with E-state index in [0.717, 1.165) is 12.8 Å². The van der Waals surface area contributed by atoms with Crippen molar-refractivity contribution in [2.24, 2.45) is 17.1 Å². The predicted octanol–water partition coefficient (Wildman–Crippen LogP) is 3.19. The Morgan fingerprint density at radius 1 is 1.38 bits per heavy atom. The number of nitrogens with one attached hydrogen (secondary N) is 1. The molecule has 0 radical (unpaired) electrons. The van der Waals surface area contributed by atoms with Gasteiger partial charge >= 0.3 is 6.09 Å². The number of ether oxygens (including phenoxy) is 1. The monoisotopic (exact) mass is 440 g/mol. The highest BCUT2D eigenvalue weighted by Crippen LogP contribution is 2.45. The van der Waals surface area contributed by atoms with Crippen molar-refractivity contribution >= 4 is 23.5 Å². The minimum absolute atomic E-state index is 0.0827. The quantitative estimate of drug-likeness (QED) is 0.710. The first-order valence-electron chi connectivity index (χ1n) is 10.5. The van der Waals surface area contributed by atoms with Crippen LogP contribution >= 0.6 is 0 Å². The number of rotatable bonds is 6. The number of amides is 2. The molecule has 0 bridgehead atoms. The summed E-state index contributed by atoms with van der Waals surface area (Å²) >= 11 is 0.